The Morgan fingerprint density at radius 1 is 1.32 bits per heavy atom. The highest BCUT2D eigenvalue weighted by atomic mass is 35.5. The Bertz CT molecular complexity index is 631. The van der Waals surface area contributed by atoms with Crippen LogP contribution in [0.1, 0.15) is 10.5 Å². The molecule has 0 aromatic carbocycles. The number of rotatable bonds is 2. The van der Waals surface area contributed by atoms with E-state index in [0.717, 1.165) is 0 Å². The van der Waals surface area contributed by atoms with Gasteiger partial charge in [-0.2, -0.15) is 0 Å². The summed E-state index contributed by atoms with van der Waals surface area (Å²) in [4.78, 5) is 23.4. The molecule has 0 unspecified atom stereocenters. The van der Waals surface area contributed by atoms with Crippen LogP contribution in [0.3, 0.4) is 0 Å². The number of nitrogens with two attached hydrogens (primary N) is 1. The Morgan fingerprint density at radius 3 is 2.63 bits per heavy atom. The monoisotopic (exact) mass is 298 g/mol. The third kappa shape index (κ3) is 2.74. The molecule has 0 amide bonds. The van der Waals surface area contributed by atoms with Crippen LogP contribution < -0.4 is 5.73 Å². The Labute approximate surface area is 118 Å². The van der Waals surface area contributed by atoms with E-state index in [-0.39, 0.29) is 22.4 Å². The van der Waals surface area contributed by atoms with Gasteiger partial charge < -0.3 is 10.5 Å². The zero-order valence-corrected chi connectivity index (χ0v) is 11.2. The Hall–Kier alpha value is -1.92. The maximum absolute atomic E-state index is 11.5. The molecule has 0 aliphatic rings. The Morgan fingerprint density at radius 2 is 2.05 bits per heavy atom. The van der Waals surface area contributed by atoms with Gasteiger partial charge in [0.1, 0.15) is 16.0 Å². The molecule has 0 bridgehead atoms. The Balaban J connectivity index is 2.56. The molecular weight excluding hydrogens is 291 g/mol. The van der Waals surface area contributed by atoms with Crippen molar-refractivity contribution in [3.8, 4) is 11.4 Å². The summed E-state index contributed by atoms with van der Waals surface area (Å²) in [5.41, 5.74) is 6.10. The van der Waals surface area contributed by atoms with E-state index in [1.807, 2.05) is 0 Å². The first-order valence-corrected chi connectivity index (χ1v) is 5.81. The standard InChI is InChI=1S/C11H8Cl2N4O2/c1-19-11(18)8-7(13)9(14)17-10(16-8)5-2-3-6(12)15-4-5/h2-4H,1H3,(H2,14,16,17). The highest BCUT2D eigenvalue weighted by molar-refractivity contribution is 6.35. The SMILES string of the molecule is COC(=O)c1nc(-c2ccc(Cl)nc2)nc(N)c1Cl. The number of aromatic nitrogens is 3. The third-order valence-corrected chi connectivity index (χ3v) is 2.84. The van der Waals surface area contributed by atoms with Crippen molar-refractivity contribution in [3.05, 3.63) is 34.2 Å². The average Bonchev–Trinajstić information content (AvgIpc) is 2.41. The van der Waals surface area contributed by atoms with Crippen molar-refractivity contribution < 1.29 is 9.53 Å². The van der Waals surface area contributed by atoms with Gasteiger partial charge >= 0.3 is 5.97 Å². The lowest BCUT2D eigenvalue weighted by atomic mass is 10.2. The summed E-state index contributed by atoms with van der Waals surface area (Å²) in [6.07, 6.45) is 1.46. The smallest absolute Gasteiger partial charge is 0.358 e. The fraction of sp³-hybridized carbons (Fsp3) is 0.0909. The number of carbonyl (C=O) groups is 1. The van der Waals surface area contributed by atoms with Crippen molar-refractivity contribution in [1.29, 1.82) is 0 Å². The van der Waals surface area contributed by atoms with Crippen molar-refractivity contribution in [3.63, 3.8) is 0 Å². The lowest BCUT2D eigenvalue weighted by molar-refractivity contribution is 0.0594. The minimum absolute atomic E-state index is 0.0120. The second-order valence-electron chi connectivity index (χ2n) is 3.46. The number of pyridine rings is 1. The quantitative estimate of drug-likeness (QED) is 0.675. The number of esters is 1. The zero-order chi connectivity index (χ0) is 14.0. The summed E-state index contributed by atoms with van der Waals surface area (Å²) in [7, 11) is 1.22. The number of anilines is 1. The van der Waals surface area contributed by atoms with Crippen LogP contribution in [-0.2, 0) is 4.74 Å². The van der Waals surface area contributed by atoms with Crippen LogP contribution >= 0.6 is 23.2 Å². The largest absolute Gasteiger partial charge is 0.464 e. The lowest BCUT2D eigenvalue weighted by Crippen LogP contribution is -2.10. The highest BCUT2D eigenvalue weighted by Crippen LogP contribution is 2.25. The van der Waals surface area contributed by atoms with Gasteiger partial charge in [0, 0.05) is 11.8 Å². The normalized spacial score (nSPS) is 10.3. The van der Waals surface area contributed by atoms with E-state index in [1.165, 1.54) is 13.3 Å². The van der Waals surface area contributed by atoms with E-state index in [1.54, 1.807) is 12.1 Å². The molecule has 2 aromatic rings. The van der Waals surface area contributed by atoms with E-state index in [4.69, 9.17) is 28.9 Å². The molecule has 0 saturated heterocycles. The van der Waals surface area contributed by atoms with Crippen LogP contribution in [0.4, 0.5) is 5.82 Å². The lowest BCUT2D eigenvalue weighted by Gasteiger charge is -2.07. The predicted octanol–water partition coefficient (Wildman–Crippen LogP) is 2.21. The number of methoxy groups -OCH3 is 1. The van der Waals surface area contributed by atoms with Crippen molar-refractivity contribution in [2.45, 2.75) is 0 Å². The summed E-state index contributed by atoms with van der Waals surface area (Å²) in [5, 5.41) is 0.288. The molecular formula is C11H8Cl2N4O2. The van der Waals surface area contributed by atoms with Gasteiger partial charge in [-0.1, -0.05) is 23.2 Å². The summed E-state index contributed by atoms with van der Waals surface area (Å²) in [6.45, 7) is 0. The van der Waals surface area contributed by atoms with Gasteiger partial charge in [0.2, 0.25) is 0 Å². The maximum Gasteiger partial charge on any atom is 0.358 e. The van der Waals surface area contributed by atoms with Crippen LogP contribution in [0.5, 0.6) is 0 Å². The summed E-state index contributed by atoms with van der Waals surface area (Å²) in [6, 6.07) is 3.22. The second kappa shape index (κ2) is 5.38. The van der Waals surface area contributed by atoms with Crippen LogP contribution in [-0.4, -0.2) is 28.0 Å². The molecule has 0 radical (unpaired) electrons. The minimum Gasteiger partial charge on any atom is -0.464 e. The fourth-order valence-electron chi connectivity index (χ4n) is 1.33. The molecule has 0 fully saturated rings. The first-order valence-electron chi connectivity index (χ1n) is 5.06. The Kier molecular flexibility index (Phi) is 3.82. The molecule has 2 N–H and O–H groups in total. The zero-order valence-electron chi connectivity index (χ0n) is 9.72. The summed E-state index contributed by atoms with van der Waals surface area (Å²) in [5.74, 6) is -0.490. The topological polar surface area (TPSA) is 91.0 Å². The number of carbonyl (C=O) groups excluding carboxylic acids is 1. The molecule has 0 aliphatic heterocycles. The van der Waals surface area contributed by atoms with Crippen molar-refractivity contribution in [2.24, 2.45) is 0 Å². The van der Waals surface area contributed by atoms with Crippen LogP contribution in [0, 0.1) is 0 Å². The summed E-state index contributed by atoms with van der Waals surface area (Å²) >= 11 is 11.6. The van der Waals surface area contributed by atoms with Gasteiger partial charge in [0.25, 0.3) is 0 Å². The number of hydrogen-bond donors (Lipinski definition) is 1. The number of halogens is 2. The van der Waals surface area contributed by atoms with Crippen LogP contribution in [0.25, 0.3) is 11.4 Å². The third-order valence-electron chi connectivity index (χ3n) is 2.24. The predicted molar refractivity (Wildman–Crippen MR) is 71.0 cm³/mol. The number of nitrogens with zero attached hydrogens (tertiary/aromatic N) is 3. The van der Waals surface area contributed by atoms with Gasteiger partial charge in [-0.05, 0) is 12.1 Å². The molecule has 8 heteroatoms. The molecule has 19 heavy (non-hydrogen) atoms. The molecule has 0 atom stereocenters. The number of hydrogen-bond acceptors (Lipinski definition) is 6. The highest BCUT2D eigenvalue weighted by Gasteiger charge is 2.18. The second-order valence-corrected chi connectivity index (χ2v) is 4.22. The molecule has 2 heterocycles. The van der Waals surface area contributed by atoms with Gasteiger partial charge in [0.15, 0.2) is 11.5 Å². The summed E-state index contributed by atoms with van der Waals surface area (Å²) < 4.78 is 4.58. The molecule has 0 aliphatic carbocycles. The van der Waals surface area contributed by atoms with E-state index >= 15 is 0 Å². The maximum atomic E-state index is 11.5. The van der Waals surface area contributed by atoms with Crippen molar-refractivity contribution >= 4 is 35.0 Å². The molecule has 98 valence electrons. The number of ether oxygens (including phenoxy) is 1. The van der Waals surface area contributed by atoms with E-state index < -0.39 is 5.97 Å². The van der Waals surface area contributed by atoms with Crippen LogP contribution in [0.2, 0.25) is 10.2 Å². The molecule has 0 saturated carbocycles. The average molecular weight is 299 g/mol. The number of nitrogen functional groups attached to an aromatic ring is 1. The molecule has 2 aromatic heterocycles. The molecule has 6 nitrogen and oxygen atoms in total. The minimum atomic E-state index is -0.692. The van der Waals surface area contributed by atoms with Crippen LogP contribution in [0.15, 0.2) is 18.3 Å². The fourth-order valence-corrected chi connectivity index (χ4v) is 1.61. The molecule has 2 rings (SSSR count). The van der Waals surface area contributed by atoms with E-state index in [9.17, 15) is 4.79 Å². The first kappa shape index (κ1) is 13.5. The first-order chi connectivity index (χ1) is 9.02. The van der Waals surface area contributed by atoms with Crippen molar-refractivity contribution in [1.82, 2.24) is 15.0 Å². The van der Waals surface area contributed by atoms with Gasteiger partial charge in [0.05, 0.1) is 7.11 Å². The van der Waals surface area contributed by atoms with E-state index in [0.29, 0.717) is 10.7 Å². The van der Waals surface area contributed by atoms with Gasteiger partial charge in [-0.25, -0.2) is 19.7 Å². The van der Waals surface area contributed by atoms with Gasteiger partial charge in [-0.15, -0.1) is 0 Å². The van der Waals surface area contributed by atoms with Crippen molar-refractivity contribution in [2.75, 3.05) is 12.8 Å². The van der Waals surface area contributed by atoms with E-state index in [2.05, 4.69) is 19.7 Å². The molecule has 0 spiro atoms. The van der Waals surface area contributed by atoms with Gasteiger partial charge in [-0.3, -0.25) is 0 Å².